The molecular weight excluding hydrogens is 272 g/mol. The van der Waals surface area contributed by atoms with Gasteiger partial charge in [-0.1, -0.05) is 27.2 Å². The lowest BCUT2D eigenvalue weighted by atomic mass is 9.75. The first-order valence-corrected chi connectivity index (χ1v) is 8.28. The van der Waals surface area contributed by atoms with Crippen LogP contribution in [0.4, 0.5) is 0 Å². The number of carboxylic acids is 1. The van der Waals surface area contributed by atoms with Crippen molar-refractivity contribution < 1.29 is 14.6 Å². The van der Waals surface area contributed by atoms with Crippen LogP contribution in [0.15, 0.2) is 11.4 Å². The molecular formula is C16H24O3S. The highest BCUT2D eigenvalue weighted by Crippen LogP contribution is 2.36. The summed E-state index contributed by atoms with van der Waals surface area (Å²) in [4.78, 5) is 11.5. The summed E-state index contributed by atoms with van der Waals surface area (Å²) >= 11 is 1.27. The van der Waals surface area contributed by atoms with Crippen molar-refractivity contribution in [2.24, 2.45) is 17.8 Å². The maximum atomic E-state index is 11.1. The van der Waals surface area contributed by atoms with E-state index in [4.69, 9.17) is 9.84 Å². The van der Waals surface area contributed by atoms with Gasteiger partial charge in [0.15, 0.2) is 0 Å². The van der Waals surface area contributed by atoms with Crippen LogP contribution in [0.25, 0.3) is 0 Å². The zero-order chi connectivity index (χ0) is 14.7. The van der Waals surface area contributed by atoms with Crippen molar-refractivity contribution in [1.82, 2.24) is 0 Å². The molecule has 1 aliphatic rings. The van der Waals surface area contributed by atoms with E-state index in [0.717, 1.165) is 12.0 Å². The number of carbonyl (C=O) groups is 1. The molecule has 0 spiro atoms. The van der Waals surface area contributed by atoms with E-state index < -0.39 is 5.97 Å². The van der Waals surface area contributed by atoms with E-state index in [2.05, 4.69) is 20.8 Å². The van der Waals surface area contributed by atoms with E-state index in [1.54, 1.807) is 0 Å². The molecule has 3 nitrogen and oxygen atoms in total. The van der Waals surface area contributed by atoms with Gasteiger partial charge in [-0.25, -0.2) is 4.79 Å². The quantitative estimate of drug-likeness (QED) is 0.874. The first-order chi connectivity index (χ1) is 9.49. The Morgan fingerprint density at radius 3 is 2.90 bits per heavy atom. The number of carboxylic acid groups (broad SMARTS) is 1. The van der Waals surface area contributed by atoms with Gasteiger partial charge >= 0.3 is 5.97 Å². The summed E-state index contributed by atoms with van der Waals surface area (Å²) < 4.78 is 6.11. The number of hydrogen-bond donors (Lipinski definition) is 1. The predicted molar refractivity (Wildman–Crippen MR) is 81.2 cm³/mol. The fraction of sp³-hybridized carbons (Fsp3) is 0.688. The molecule has 0 amide bonds. The maximum absolute atomic E-state index is 11.1. The lowest BCUT2D eigenvalue weighted by Crippen LogP contribution is -2.34. The van der Waals surface area contributed by atoms with Crippen LogP contribution in [0.1, 0.15) is 55.3 Å². The molecule has 1 saturated carbocycles. The van der Waals surface area contributed by atoms with Crippen molar-refractivity contribution >= 4 is 17.3 Å². The first kappa shape index (κ1) is 15.5. The Bertz CT molecular complexity index is 452. The largest absolute Gasteiger partial charge is 0.477 e. The Balaban J connectivity index is 2.00. The Morgan fingerprint density at radius 2 is 2.25 bits per heavy atom. The lowest BCUT2D eigenvalue weighted by Gasteiger charge is -2.37. The molecule has 0 radical (unpaired) electrons. The minimum absolute atomic E-state index is 0.264. The number of aromatic carboxylic acids is 1. The van der Waals surface area contributed by atoms with Crippen LogP contribution in [0.3, 0.4) is 0 Å². The monoisotopic (exact) mass is 296 g/mol. The summed E-state index contributed by atoms with van der Waals surface area (Å²) in [7, 11) is 0. The summed E-state index contributed by atoms with van der Waals surface area (Å²) in [5, 5.41) is 11.0. The van der Waals surface area contributed by atoms with Gasteiger partial charge in [-0.3, -0.25) is 0 Å². The Hall–Kier alpha value is -0.870. The number of rotatable bonds is 5. The molecule has 1 fully saturated rings. The minimum atomic E-state index is -0.851. The van der Waals surface area contributed by atoms with Crippen LogP contribution >= 0.6 is 11.3 Å². The van der Waals surface area contributed by atoms with Crippen molar-refractivity contribution in [1.29, 1.82) is 0 Å². The number of ether oxygens (including phenoxy) is 1. The fourth-order valence-electron chi connectivity index (χ4n) is 3.14. The highest BCUT2D eigenvalue weighted by atomic mass is 32.1. The molecule has 1 aliphatic carbocycles. The molecule has 0 saturated heterocycles. The molecule has 4 heteroatoms. The minimum Gasteiger partial charge on any atom is -0.477 e. The molecule has 1 N–H and O–H groups in total. The number of hydrogen-bond acceptors (Lipinski definition) is 3. The average Bonchev–Trinajstić information content (AvgIpc) is 2.84. The third kappa shape index (κ3) is 3.61. The molecule has 1 aromatic rings. The highest BCUT2D eigenvalue weighted by molar-refractivity contribution is 7.12. The zero-order valence-corrected chi connectivity index (χ0v) is 13.3. The molecule has 2 rings (SSSR count). The third-order valence-corrected chi connectivity index (χ3v) is 5.30. The second-order valence-corrected chi connectivity index (χ2v) is 7.17. The molecule has 3 unspecified atom stereocenters. The van der Waals surface area contributed by atoms with Crippen molar-refractivity contribution in [3.05, 3.63) is 21.9 Å². The van der Waals surface area contributed by atoms with Gasteiger partial charge < -0.3 is 9.84 Å². The van der Waals surface area contributed by atoms with Gasteiger partial charge in [0.25, 0.3) is 0 Å². The molecule has 0 aromatic carbocycles. The molecule has 20 heavy (non-hydrogen) atoms. The Morgan fingerprint density at radius 1 is 1.50 bits per heavy atom. The standard InChI is InChI=1S/C16H24O3S/c1-10(2)13-5-4-11(3)8-14(13)19-9-12-6-7-20-15(12)16(17)18/h6-7,10-11,13-14H,4-5,8-9H2,1-3H3,(H,17,18). The van der Waals surface area contributed by atoms with E-state index >= 15 is 0 Å². The van der Waals surface area contributed by atoms with Gasteiger partial charge in [-0.05, 0) is 42.0 Å². The van der Waals surface area contributed by atoms with Crippen LogP contribution < -0.4 is 0 Å². The average molecular weight is 296 g/mol. The summed E-state index contributed by atoms with van der Waals surface area (Å²) in [6.45, 7) is 7.21. The molecule has 3 atom stereocenters. The Labute approximate surface area is 125 Å². The van der Waals surface area contributed by atoms with Crippen molar-refractivity contribution in [2.75, 3.05) is 0 Å². The van der Waals surface area contributed by atoms with Crippen LogP contribution in [-0.4, -0.2) is 17.2 Å². The van der Waals surface area contributed by atoms with Gasteiger partial charge in [0.05, 0.1) is 12.7 Å². The summed E-state index contributed by atoms with van der Waals surface area (Å²) in [6, 6.07) is 1.87. The fourth-order valence-corrected chi connectivity index (χ4v) is 3.89. The van der Waals surface area contributed by atoms with E-state index in [1.807, 2.05) is 11.4 Å². The van der Waals surface area contributed by atoms with Crippen LogP contribution in [0.2, 0.25) is 0 Å². The van der Waals surface area contributed by atoms with E-state index in [1.165, 1.54) is 24.2 Å². The van der Waals surface area contributed by atoms with Crippen LogP contribution in [0.5, 0.6) is 0 Å². The predicted octanol–water partition coefficient (Wildman–Crippen LogP) is 4.42. The van der Waals surface area contributed by atoms with E-state index in [-0.39, 0.29) is 6.10 Å². The molecule has 1 heterocycles. The topological polar surface area (TPSA) is 46.5 Å². The summed E-state index contributed by atoms with van der Waals surface area (Å²) in [6.07, 6.45) is 3.86. The van der Waals surface area contributed by atoms with Gasteiger partial charge in [0, 0.05) is 5.56 Å². The SMILES string of the molecule is CC1CCC(C(C)C)C(OCc2ccsc2C(=O)O)C1. The van der Waals surface area contributed by atoms with Gasteiger partial charge in [-0.2, -0.15) is 0 Å². The maximum Gasteiger partial charge on any atom is 0.346 e. The van der Waals surface area contributed by atoms with E-state index in [0.29, 0.717) is 29.2 Å². The molecule has 0 aliphatic heterocycles. The zero-order valence-electron chi connectivity index (χ0n) is 12.5. The highest BCUT2D eigenvalue weighted by Gasteiger charge is 2.31. The van der Waals surface area contributed by atoms with Crippen molar-refractivity contribution in [3.8, 4) is 0 Å². The van der Waals surface area contributed by atoms with Gasteiger partial charge in [0.2, 0.25) is 0 Å². The number of thiophene rings is 1. The van der Waals surface area contributed by atoms with Gasteiger partial charge in [-0.15, -0.1) is 11.3 Å². The van der Waals surface area contributed by atoms with Crippen molar-refractivity contribution in [2.45, 2.75) is 52.7 Å². The van der Waals surface area contributed by atoms with Gasteiger partial charge in [0.1, 0.15) is 4.88 Å². The van der Waals surface area contributed by atoms with Crippen LogP contribution in [0, 0.1) is 17.8 Å². The van der Waals surface area contributed by atoms with Crippen LogP contribution in [-0.2, 0) is 11.3 Å². The Kier molecular flexibility index (Phi) is 5.22. The van der Waals surface area contributed by atoms with E-state index in [9.17, 15) is 4.79 Å². The third-order valence-electron chi connectivity index (χ3n) is 4.36. The second-order valence-electron chi connectivity index (χ2n) is 6.26. The smallest absolute Gasteiger partial charge is 0.346 e. The molecule has 1 aromatic heterocycles. The first-order valence-electron chi connectivity index (χ1n) is 7.40. The lowest BCUT2D eigenvalue weighted by molar-refractivity contribution is -0.0473. The second kappa shape index (κ2) is 6.72. The summed E-state index contributed by atoms with van der Waals surface area (Å²) in [5.41, 5.74) is 0.809. The summed E-state index contributed by atoms with van der Waals surface area (Å²) in [5.74, 6) is 1.07. The molecule has 112 valence electrons. The normalized spacial score (nSPS) is 26.9. The van der Waals surface area contributed by atoms with Crippen molar-refractivity contribution in [3.63, 3.8) is 0 Å². The molecule has 0 bridgehead atoms.